The van der Waals surface area contributed by atoms with Gasteiger partial charge in [0.25, 0.3) is 0 Å². The maximum Gasteiger partial charge on any atom is 0.136 e. The van der Waals surface area contributed by atoms with E-state index in [1.807, 2.05) is 0 Å². The van der Waals surface area contributed by atoms with Crippen molar-refractivity contribution in [2.24, 2.45) is 0 Å². The summed E-state index contributed by atoms with van der Waals surface area (Å²) in [5.41, 5.74) is 0. The first-order valence-electron chi connectivity index (χ1n) is 4.69. The normalized spacial score (nSPS) is 37.5. The molecule has 0 aromatic rings. The van der Waals surface area contributed by atoms with Crippen LogP contribution in [0.5, 0.6) is 0 Å². The van der Waals surface area contributed by atoms with Crippen molar-refractivity contribution in [1.29, 1.82) is 0 Å². The molecule has 2 aliphatic heterocycles. The fourth-order valence-corrected chi connectivity index (χ4v) is 2.42. The molecule has 0 aromatic heterocycles. The first-order chi connectivity index (χ1) is 4.83. The zero-order valence-corrected chi connectivity index (χ0v) is 6.97. The van der Waals surface area contributed by atoms with E-state index in [2.05, 4.69) is 6.92 Å². The molecule has 2 rings (SSSR count). The topological polar surface area (TPSA) is 0 Å². The summed E-state index contributed by atoms with van der Waals surface area (Å²) in [6, 6.07) is 1.01. The highest BCUT2D eigenvalue weighted by molar-refractivity contribution is 4.71. The van der Waals surface area contributed by atoms with Crippen LogP contribution in [-0.2, 0) is 0 Å². The van der Waals surface area contributed by atoms with Gasteiger partial charge in [-0.2, -0.15) is 0 Å². The smallest absolute Gasteiger partial charge is 0.136 e. The van der Waals surface area contributed by atoms with Gasteiger partial charge in [-0.05, 0) is 32.6 Å². The Morgan fingerprint density at radius 3 is 1.90 bits per heavy atom. The monoisotopic (exact) mass is 140 g/mol. The molecule has 0 aliphatic carbocycles. The molecule has 0 saturated carbocycles. The van der Waals surface area contributed by atoms with Gasteiger partial charge in [0.2, 0.25) is 0 Å². The van der Waals surface area contributed by atoms with Gasteiger partial charge in [-0.1, -0.05) is 0 Å². The summed E-state index contributed by atoms with van der Waals surface area (Å²) >= 11 is 0. The standard InChI is InChI=1S/C9H18N/c1-9-8-10(9)6-4-2-3-5-7-10/h9H,2-8H2,1H3/q+1. The van der Waals surface area contributed by atoms with Gasteiger partial charge in [-0.3, -0.25) is 0 Å². The Kier molecular flexibility index (Phi) is 1.48. The minimum Gasteiger partial charge on any atom is -0.312 e. The molecular formula is C9H18N+. The number of hydrogen-bond acceptors (Lipinski definition) is 0. The molecule has 1 spiro atoms. The van der Waals surface area contributed by atoms with Gasteiger partial charge in [0.15, 0.2) is 0 Å². The highest BCUT2D eigenvalue weighted by Gasteiger charge is 2.50. The third-order valence-electron chi connectivity index (χ3n) is 3.39. The predicted octanol–water partition coefficient (Wildman–Crippen LogP) is 1.78. The zero-order chi connectivity index (χ0) is 7.03. The van der Waals surface area contributed by atoms with Crippen LogP contribution in [-0.4, -0.2) is 30.2 Å². The Morgan fingerprint density at radius 2 is 1.50 bits per heavy atom. The van der Waals surface area contributed by atoms with Gasteiger partial charge in [0, 0.05) is 0 Å². The lowest BCUT2D eigenvalue weighted by molar-refractivity contribution is -0.811. The molecule has 10 heavy (non-hydrogen) atoms. The van der Waals surface area contributed by atoms with Crippen molar-refractivity contribution < 1.29 is 4.48 Å². The van der Waals surface area contributed by atoms with Crippen LogP contribution in [0.15, 0.2) is 0 Å². The van der Waals surface area contributed by atoms with E-state index >= 15 is 0 Å². The van der Waals surface area contributed by atoms with Crippen molar-refractivity contribution in [2.45, 2.75) is 38.6 Å². The van der Waals surface area contributed by atoms with Gasteiger partial charge < -0.3 is 4.48 Å². The lowest BCUT2D eigenvalue weighted by Crippen LogP contribution is -2.28. The Hall–Kier alpha value is -0.0400. The van der Waals surface area contributed by atoms with Crippen LogP contribution >= 0.6 is 0 Å². The van der Waals surface area contributed by atoms with Crippen molar-refractivity contribution in [3.8, 4) is 0 Å². The van der Waals surface area contributed by atoms with E-state index in [1.165, 1.54) is 49.8 Å². The van der Waals surface area contributed by atoms with Crippen molar-refractivity contribution >= 4 is 0 Å². The molecule has 1 heteroatoms. The molecule has 0 N–H and O–H groups in total. The molecule has 2 fully saturated rings. The summed E-state index contributed by atoms with van der Waals surface area (Å²) in [5.74, 6) is 0. The lowest BCUT2D eigenvalue weighted by atomic mass is 10.2. The van der Waals surface area contributed by atoms with Crippen molar-refractivity contribution in [3.05, 3.63) is 0 Å². The van der Waals surface area contributed by atoms with E-state index < -0.39 is 0 Å². The molecule has 0 aromatic carbocycles. The van der Waals surface area contributed by atoms with Crippen LogP contribution in [0.4, 0.5) is 0 Å². The van der Waals surface area contributed by atoms with Gasteiger partial charge in [0.05, 0.1) is 13.1 Å². The molecular weight excluding hydrogens is 122 g/mol. The maximum absolute atomic E-state index is 2.41. The second-order valence-electron chi connectivity index (χ2n) is 4.11. The Morgan fingerprint density at radius 1 is 1.00 bits per heavy atom. The Labute approximate surface area is 63.6 Å². The van der Waals surface area contributed by atoms with Crippen LogP contribution in [0.2, 0.25) is 0 Å². The Bertz CT molecular complexity index is 123. The van der Waals surface area contributed by atoms with Crippen molar-refractivity contribution in [3.63, 3.8) is 0 Å². The average molecular weight is 140 g/mol. The number of hydrogen-bond donors (Lipinski definition) is 0. The summed E-state index contributed by atoms with van der Waals surface area (Å²) in [5, 5.41) is 0. The Balaban J connectivity index is 1.95. The van der Waals surface area contributed by atoms with E-state index in [4.69, 9.17) is 0 Å². The molecule has 0 radical (unpaired) electrons. The van der Waals surface area contributed by atoms with Crippen molar-refractivity contribution in [1.82, 2.24) is 0 Å². The SMILES string of the molecule is CC1C[N+]12CCCCCC2. The predicted molar refractivity (Wildman–Crippen MR) is 42.8 cm³/mol. The van der Waals surface area contributed by atoms with Crippen LogP contribution in [0.25, 0.3) is 0 Å². The first-order valence-corrected chi connectivity index (χ1v) is 4.69. The van der Waals surface area contributed by atoms with E-state index in [0.717, 1.165) is 6.04 Å². The second-order valence-corrected chi connectivity index (χ2v) is 4.11. The number of rotatable bonds is 0. The molecule has 1 nitrogen and oxygen atoms in total. The van der Waals surface area contributed by atoms with Crippen LogP contribution in [0.1, 0.15) is 32.6 Å². The summed E-state index contributed by atoms with van der Waals surface area (Å²) in [7, 11) is 0. The third-order valence-corrected chi connectivity index (χ3v) is 3.39. The molecule has 58 valence electrons. The molecule has 0 bridgehead atoms. The second kappa shape index (κ2) is 2.23. The third kappa shape index (κ3) is 0.968. The highest BCUT2D eigenvalue weighted by Crippen LogP contribution is 2.33. The minimum atomic E-state index is 1.01. The fraction of sp³-hybridized carbons (Fsp3) is 1.00. The summed E-state index contributed by atoms with van der Waals surface area (Å²) < 4.78 is 1.49. The van der Waals surface area contributed by atoms with E-state index in [0.29, 0.717) is 0 Å². The van der Waals surface area contributed by atoms with E-state index in [-0.39, 0.29) is 0 Å². The van der Waals surface area contributed by atoms with Crippen LogP contribution in [0.3, 0.4) is 0 Å². The molecule has 2 saturated heterocycles. The number of quaternary nitrogens is 1. The summed E-state index contributed by atoms with van der Waals surface area (Å²) in [4.78, 5) is 0. The molecule has 0 amide bonds. The van der Waals surface area contributed by atoms with Crippen LogP contribution < -0.4 is 0 Å². The molecule has 1 atom stereocenters. The molecule has 1 unspecified atom stereocenters. The van der Waals surface area contributed by atoms with E-state index in [9.17, 15) is 0 Å². The average Bonchev–Trinajstić information content (AvgIpc) is 2.60. The summed E-state index contributed by atoms with van der Waals surface area (Å²) in [6.45, 7) is 6.87. The van der Waals surface area contributed by atoms with Crippen molar-refractivity contribution in [2.75, 3.05) is 19.6 Å². The quantitative estimate of drug-likeness (QED) is 0.355. The first kappa shape index (κ1) is 6.66. The molecule has 2 aliphatic rings. The fourth-order valence-electron chi connectivity index (χ4n) is 2.42. The van der Waals surface area contributed by atoms with Gasteiger partial charge in [0.1, 0.15) is 12.6 Å². The highest BCUT2D eigenvalue weighted by atomic mass is 15.5. The summed E-state index contributed by atoms with van der Waals surface area (Å²) in [6.07, 6.45) is 5.97. The molecule has 2 heterocycles. The zero-order valence-electron chi connectivity index (χ0n) is 6.97. The minimum absolute atomic E-state index is 1.01. The van der Waals surface area contributed by atoms with Crippen LogP contribution in [0, 0.1) is 0 Å². The van der Waals surface area contributed by atoms with Gasteiger partial charge in [-0.15, -0.1) is 0 Å². The van der Waals surface area contributed by atoms with E-state index in [1.54, 1.807) is 0 Å². The largest absolute Gasteiger partial charge is 0.312 e. The number of nitrogens with zero attached hydrogens (tertiary/aromatic N) is 1. The van der Waals surface area contributed by atoms with Gasteiger partial charge in [-0.25, -0.2) is 0 Å². The lowest BCUT2D eigenvalue weighted by Gasteiger charge is -2.16. The van der Waals surface area contributed by atoms with Gasteiger partial charge >= 0.3 is 0 Å². The maximum atomic E-state index is 2.41.